The number of hydrogen-bond donors (Lipinski definition) is 2. The molecule has 2 N–H and O–H groups in total. The number of allylic oxidation sites excluding steroid dienone is 1. The first-order valence-corrected chi connectivity index (χ1v) is 17.2. The fraction of sp³-hybridized carbons (Fsp3) is 0.472. The van der Waals surface area contributed by atoms with Crippen LogP contribution in [0.4, 0.5) is 23.0 Å². The summed E-state index contributed by atoms with van der Waals surface area (Å²) in [6.07, 6.45) is 10.4. The van der Waals surface area contributed by atoms with E-state index >= 15 is 0 Å². The molecule has 6 heterocycles. The molecule has 49 heavy (non-hydrogen) atoms. The molecule has 13 heteroatoms. The van der Waals surface area contributed by atoms with Gasteiger partial charge in [0, 0.05) is 89.0 Å². The van der Waals surface area contributed by atoms with Crippen LogP contribution in [0.5, 0.6) is 0 Å². The maximum atomic E-state index is 14.0. The Morgan fingerprint density at radius 3 is 2.61 bits per heavy atom. The van der Waals surface area contributed by atoms with E-state index in [0.717, 1.165) is 64.1 Å². The van der Waals surface area contributed by atoms with E-state index < -0.39 is 5.97 Å². The van der Waals surface area contributed by atoms with Crippen molar-refractivity contribution in [1.82, 2.24) is 24.3 Å². The lowest BCUT2D eigenvalue weighted by Crippen LogP contribution is -2.55. The van der Waals surface area contributed by atoms with Crippen molar-refractivity contribution in [2.24, 2.45) is 7.05 Å². The Balaban J connectivity index is 1.15. The number of pyridine rings is 3. The van der Waals surface area contributed by atoms with E-state index in [4.69, 9.17) is 4.74 Å². The Morgan fingerprint density at radius 1 is 1.04 bits per heavy atom. The molecule has 0 aromatic carbocycles. The number of carbonyl (C=O) groups excluding carboxylic acids is 2. The van der Waals surface area contributed by atoms with Crippen molar-refractivity contribution < 1.29 is 19.4 Å². The number of rotatable bonds is 9. The summed E-state index contributed by atoms with van der Waals surface area (Å²) in [6, 6.07) is 7.22. The van der Waals surface area contributed by atoms with Crippen molar-refractivity contribution in [3.8, 4) is 11.1 Å². The zero-order chi connectivity index (χ0) is 34.1. The Morgan fingerprint density at radius 2 is 1.86 bits per heavy atom. The zero-order valence-electron chi connectivity index (χ0n) is 28.2. The number of nitrogens with one attached hydrogen (secondary N) is 1. The van der Waals surface area contributed by atoms with Crippen LogP contribution in [0.15, 0.2) is 58.9 Å². The van der Waals surface area contributed by atoms with Crippen LogP contribution >= 0.6 is 0 Å². The molecule has 3 aromatic rings. The molecule has 2 fully saturated rings. The first kappa shape index (κ1) is 32.8. The second-order valence-electron chi connectivity index (χ2n) is 13.2. The van der Waals surface area contributed by atoms with Gasteiger partial charge in [0.05, 0.1) is 18.5 Å². The van der Waals surface area contributed by atoms with Crippen LogP contribution in [0, 0.1) is 0 Å². The number of aromatic nitrogens is 3. The van der Waals surface area contributed by atoms with Gasteiger partial charge in [-0.05, 0) is 67.5 Å². The zero-order valence-corrected chi connectivity index (χ0v) is 28.2. The average molecular weight is 669 g/mol. The summed E-state index contributed by atoms with van der Waals surface area (Å²) in [5, 5.41) is 12.4. The lowest BCUT2D eigenvalue weighted by atomic mass is 9.95. The van der Waals surface area contributed by atoms with Crippen LogP contribution < -0.4 is 20.7 Å². The standard InChI is InChI=1S/C36H44N8O5/c1-24(46)49-23-29-28(9-10-37-34(29)44-16-15-43-31-6-4-3-5-25(31)20-32(43)36(44)48)26-19-30(35(47)40(2)22-26)39-33-8-7-27(21-38-33)42-13-11-41(12-14-42)17-18-45/h7-10,19,21-22,32,45H,3-6,11-18,20,23H2,1-2H3,(H,38,39). The van der Waals surface area contributed by atoms with E-state index in [-0.39, 0.29) is 30.7 Å². The van der Waals surface area contributed by atoms with Crippen LogP contribution in [0.25, 0.3) is 11.1 Å². The summed E-state index contributed by atoms with van der Waals surface area (Å²) < 4.78 is 7.04. The number of aryl methyl sites for hydroxylation is 1. The number of carbonyl (C=O) groups is 2. The van der Waals surface area contributed by atoms with Crippen LogP contribution in [-0.2, 0) is 28.0 Å². The van der Waals surface area contributed by atoms with Crippen molar-refractivity contribution in [2.45, 2.75) is 51.7 Å². The first-order valence-electron chi connectivity index (χ1n) is 17.2. The van der Waals surface area contributed by atoms with Gasteiger partial charge in [-0.15, -0.1) is 0 Å². The predicted molar refractivity (Wildman–Crippen MR) is 187 cm³/mol. The SMILES string of the molecule is CC(=O)OCc1c(-c2cc(Nc3ccc(N4CCN(CCO)CC4)cn3)c(=O)n(C)c2)ccnc1N1CCN2C3=C(CCCC3)CC2C1=O. The van der Waals surface area contributed by atoms with Crippen molar-refractivity contribution in [3.63, 3.8) is 0 Å². The molecule has 0 radical (unpaired) electrons. The first-order chi connectivity index (χ1) is 23.8. The number of ether oxygens (including phenoxy) is 1. The predicted octanol–water partition coefficient (Wildman–Crippen LogP) is 3.01. The number of hydrogen-bond acceptors (Lipinski definition) is 11. The van der Waals surface area contributed by atoms with Gasteiger partial charge in [-0.1, -0.05) is 0 Å². The van der Waals surface area contributed by atoms with Gasteiger partial charge >= 0.3 is 5.97 Å². The highest BCUT2D eigenvalue weighted by Gasteiger charge is 2.43. The number of fused-ring (bicyclic) bond motifs is 2. The van der Waals surface area contributed by atoms with Crippen molar-refractivity contribution in [3.05, 3.63) is 70.0 Å². The molecule has 258 valence electrons. The molecule has 7 rings (SSSR count). The van der Waals surface area contributed by atoms with Gasteiger partial charge in [0.25, 0.3) is 11.5 Å². The number of nitrogens with zero attached hydrogens (tertiary/aromatic N) is 7. The molecule has 1 atom stereocenters. The molecular weight excluding hydrogens is 624 g/mol. The Hall–Kier alpha value is -4.75. The van der Waals surface area contributed by atoms with E-state index in [0.29, 0.717) is 47.1 Å². The molecule has 1 unspecified atom stereocenters. The van der Waals surface area contributed by atoms with Gasteiger partial charge in [0.1, 0.15) is 30.0 Å². The summed E-state index contributed by atoms with van der Waals surface area (Å²) in [5.74, 6) is 0.586. The monoisotopic (exact) mass is 668 g/mol. The number of anilines is 4. The van der Waals surface area contributed by atoms with Gasteiger partial charge in [0.15, 0.2) is 0 Å². The van der Waals surface area contributed by atoms with Gasteiger partial charge in [-0.3, -0.25) is 24.2 Å². The quantitative estimate of drug-likeness (QED) is 0.326. The number of β-amino-alcohol motifs (C(OH)–C–C–N with tert-alkyl or cyclic N) is 1. The second kappa shape index (κ2) is 14.0. The maximum Gasteiger partial charge on any atom is 0.302 e. The summed E-state index contributed by atoms with van der Waals surface area (Å²) in [7, 11) is 1.69. The van der Waals surface area contributed by atoms with E-state index in [1.165, 1.54) is 29.2 Å². The van der Waals surface area contributed by atoms with Crippen LogP contribution in [-0.4, -0.2) is 99.8 Å². The molecule has 2 saturated heterocycles. The van der Waals surface area contributed by atoms with Crippen LogP contribution in [0.1, 0.15) is 44.6 Å². The van der Waals surface area contributed by atoms with Crippen LogP contribution in [0.2, 0.25) is 0 Å². The molecule has 0 saturated carbocycles. The minimum atomic E-state index is -0.436. The van der Waals surface area contributed by atoms with Gasteiger partial charge in [-0.2, -0.15) is 0 Å². The lowest BCUT2D eigenvalue weighted by Gasteiger charge is -2.40. The maximum absolute atomic E-state index is 14.0. The third-order valence-electron chi connectivity index (χ3n) is 10.2. The third-order valence-corrected chi connectivity index (χ3v) is 10.2. The molecule has 3 aliphatic heterocycles. The molecule has 13 nitrogen and oxygen atoms in total. The number of piperazine rings is 2. The lowest BCUT2D eigenvalue weighted by molar-refractivity contribution is -0.142. The highest BCUT2D eigenvalue weighted by Crippen LogP contribution is 2.41. The molecule has 1 amide bonds. The van der Waals surface area contributed by atoms with Crippen molar-refractivity contribution in [1.29, 1.82) is 0 Å². The minimum Gasteiger partial charge on any atom is -0.461 e. The van der Waals surface area contributed by atoms with Gasteiger partial charge < -0.3 is 29.5 Å². The summed E-state index contributed by atoms with van der Waals surface area (Å²) in [4.78, 5) is 57.2. The number of aliphatic hydroxyl groups excluding tert-OH is 1. The number of esters is 1. The molecule has 1 aliphatic carbocycles. The molecule has 0 spiro atoms. The molecular formula is C36H44N8O5. The van der Waals surface area contributed by atoms with Crippen LogP contribution in [0.3, 0.4) is 0 Å². The summed E-state index contributed by atoms with van der Waals surface area (Å²) in [6.45, 7) is 6.81. The highest BCUT2D eigenvalue weighted by atomic mass is 16.5. The smallest absolute Gasteiger partial charge is 0.302 e. The van der Waals surface area contributed by atoms with E-state index in [2.05, 4.69) is 30.0 Å². The fourth-order valence-electron chi connectivity index (χ4n) is 7.67. The Kier molecular flexibility index (Phi) is 9.37. The molecule has 4 aliphatic rings. The van der Waals surface area contributed by atoms with Crippen molar-refractivity contribution >= 4 is 34.9 Å². The third kappa shape index (κ3) is 6.64. The fourth-order valence-corrected chi connectivity index (χ4v) is 7.67. The van der Waals surface area contributed by atoms with E-state index in [9.17, 15) is 19.5 Å². The second-order valence-corrected chi connectivity index (χ2v) is 13.2. The number of aliphatic hydroxyl groups is 1. The van der Waals surface area contributed by atoms with Crippen molar-refractivity contribution in [2.75, 3.05) is 67.5 Å². The normalized spacial score (nSPS) is 19.6. The largest absolute Gasteiger partial charge is 0.461 e. The topological polar surface area (TPSA) is 136 Å². The Labute approximate surface area is 285 Å². The molecule has 0 bridgehead atoms. The average Bonchev–Trinajstić information content (AvgIpc) is 3.50. The molecule has 3 aromatic heterocycles. The van der Waals surface area contributed by atoms with Gasteiger partial charge in [-0.25, -0.2) is 9.97 Å². The highest BCUT2D eigenvalue weighted by molar-refractivity contribution is 5.99. The summed E-state index contributed by atoms with van der Waals surface area (Å²) >= 11 is 0. The number of amides is 1. The summed E-state index contributed by atoms with van der Waals surface area (Å²) in [5.41, 5.74) is 5.92. The van der Waals surface area contributed by atoms with Gasteiger partial charge in [0.2, 0.25) is 0 Å². The van der Waals surface area contributed by atoms with E-state index in [1.807, 2.05) is 18.2 Å². The van der Waals surface area contributed by atoms with E-state index in [1.54, 1.807) is 36.6 Å². The minimum absolute atomic E-state index is 0.0127. The Bertz CT molecular complexity index is 1810.